The van der Waals surface area contributed by atoms with Crippen molar-refractivity contribution in [1.29, 1.82) is 0 Å². The Balaban J connectivity index is 1.73. The Labute approximate surface area is 147 Å². The lowest BCUT2D eigenvalue weighted by atomic mass is 10.1. The summed E-state index contributed by atoms with van der Waals surface area (Å²) in [5, 5.41) is 2.83. The normalized spacial score (nSPS) is 15.9. The highest BCUT2D eigenvalue weighted by Gasteiger charge is 2.41. The predicted molar refractivity (Wildman–Crippen MR) is 98.6 cm³/mol. The van der Waals surface area contributed by atoms with Gasteiger partial charge in [0.1, 0.15) is 17.9 Å². The van der Waals surface area contributed by atoms with E-state index in [2.05, 4.69) is 10.3 Å². The Morgan fingerprint density at radius 3 is 2.36 bits per heavy atom. The standard InChI is InChI=1S/C20H21N3O2/c1-14-9-11-16(12-10-14)21-17(24)13-23-19(25)18(22-20(23,2)3)15-7-5-4-6-8-15/h4-12H,13H2,1-3H3,(H,21,24). The van der Waals surface area contributed by atoms with Crippen LogP contribution < -0.4 is 5.32 Å². The molecule has 0 aliphatic carbocycles. The SMILES string of the molecule is Cc1ccc(NC(=O)CN2C(=O)C(c3ccccc3)=NC2(C)C)cc1. The molecule has 0 radical (unpaired) electrons. The average Bonchev–Trinajstić information content (AvgIpc) is 2.81. The molecule has 0 unspecified atom stereocenters. The molecule has 1 N–H and O–H groups in total. The van der Waals surface area contributed by atoms with Gasteiger partial charge in [0, 0.05) is 11.3 Å². The fourth-order valence-electron chi connectivity index (χ4n) is 2.79. The molecule has 0 spiro atoms. The van der Waals surface area contributed by atoms with E-state index in [4.69, 9.17) is 0 Å². The molecule has 5 nitrogen and oxygen atoms in total. The minimum absolute atomic E-state index is 0.0421. The molecule has 0 fully saturated rings. The fourth-order valence-corrected chi connectivity index (χ4v) is 2.79. The van der Waals surface area contributed by atoms with Crippen LogP contribution >= 0.6 is 0 Å². The van der Waals surface area contributed by atoms with Crippen molar-refractivity contribution < 1.29 is 9.59 Å². The summed E-state index contributed by atoms with van der Waals surface area (Å²) in [6, 6.07) is 16.9. The van der Waals surface area contributed by atoms with Gasteiger partial charge in [0.25, 0.3) is 5.91 Å². The smallest absolute Gasteiger partial charge is 0.275 e. The molecule has 0 bridgehead atoms. The van der Waals surface area contributed by atoms with E-state index in [9.17, 15) is 9.59 Å². The van der Waals surface area contributed by atoms with Gasteiger partial charge < -0.3 is 10.2 Å². The Morgan fingerprint density at radius 1 is 1.08 bits per heavy atom. The Morgan fingerprint density at radius 2 is 1.72 bits per heavy atom. The van der Waals surface area contributed by atoms with Gasteiger partial charge in [0.2, 0.25) is 5.91 Å². The Kier molecular flexibility index (Phi) is 4.40. The summed E-state index contributed by atoms with van der Waals surface area (Å²) in [5.74, 6) is -0.468. The minimum atomic E-state index is -0.757. The van der Waals surface area contributed by atoms with Gasteiger partial charge in [-0.05, 0) is 32.9 Å². The summed E-state index contributed by atoms with van der Waals surface area (Å²) in [5.41, 5.74) is 2.24. The van der Waals surface area contributed by atoms with E-state index in [0.717, 1.165) is 11.1 Å². The number of aryl methyl sites for hydroxylation is 1. The maximum Gasteiger partial charge on any atom is 0.275 e. The third kappa shape index (κ3) is 3.60. The third-order valence-electron chi connectivity index (χ3n) is 4.18. The number of hydrogen-bond donors (Lipinski definition) is 1. The van der Waals surface area contributed by atoms with E-state index in [1.54, 1.807) is 0 Å². The van der Waals surface area contributed by atoms with E-state index >= 15 is 0 Å². The lowest BCUT2D eigenvalue weighted by Gasteiger charge is -2.28. The second-order valence-electron chi connectivity index (χ2n) is 6.63. The van der Waals surface area contributed by atoms with Crippen LogP contribution in [0, 0.1) is 6.92 Å². The van der Waals surface area contributed by atoms with Crippen LogP contribution in [-0.2, 0) is 9.59 Å². The number of carbonyl (C=O) groups excluding carboxylic acids is 2. The highest BCUT2D eigenvalue weighted by molar-refractivity contribution is 6.47. The lowest BCUT2D eigenvalue weighted by Crippen LogP contribution is -2.46. The van der Waals surface area contributed by atoms with Crippen LogP contribution in [0.4, 0.5) is 5.69 Å². The zero-order chi connectivity index (χ0) is 18.0. The van der Waals surface area contributed by atoms with E-state index in [1.807, 2.05) is 75.4 Å². The molecule has 5 heteroatoms. The zero-order valence-electron chi connectivity index (χ0n) is 14.6. The molecule has 25 heavy (non-hydrogen) atoms. The first kappa shape index (κ1) is 16.9. The molecular formula is C20H21N3O2. The first-order valence-corrected chi connectivity index (χ1v) is 8.20. The first-order chi connectivity index (χ1) is 11.9. The third-order valence-corrected chi connectivity index (χ3v) is 4.18. The molecule has 2 aromatic rings. The van der Waals surface area contributed by atoms with Crippen LogP contribution in [0.5, 0.6) is 0 Å². The van der Waals surface area contributed by atoms with E-state index in [1.165, 1.54) is 4.90 Å². The monoisotopic (exact) mass is 335 g/mol. The molecular weight excluding hydrogens is 314 g/mol. The maximum atomic E-state index is 12.8. The number of nitrogens with one attached hydrogen (secondary N) is 1. The van der Waals surface area contributed by atoms with Crippen LogP contribution in [0.25, 0.3) is 0 Å². The van der Waals surface area contributed by atoms with Crippen molar-refractivity contribution in [2.75, 3.05) is 11.9 Å². The molecule has 1 aliphatic rings. The van der Waals surface area contributed by atoms with E-state index < -0.39 is 5.66 Å². The number of benzene rings is 2. The molecule has 3 rings (SSSR count). The van der Waals surface area contributed by atoms with Gasteiger partial charge in [-0.1, -0.05) is 48.0 Å². The van der Waals surface area contributed by atoms with E-state index in [-0.39, 0.29) is 18.4 Å². The van der Waals surface area contributed by atoms with Gasteiger partial charge in [-0.3, -0.25) is 14.6 Å². The molecule has 1 heterocycles. The lowest BCUT2D eigenvalue weighted by molar-refractivity contribution is -0.131. The number of rotatable bonds is 4. The molecule has 0 saturated heterocycles. The minimum Gasteiger partial charge on any atom is -0.325 e. The van der Waals surface area contributed by atoms with Crippen molar-refractivity contribution >= 4 is 23.2 Å². The average molecular weight is 335 g/mol. The summed E-state index contributed by atoms with van der Waals surface area (Å²) in [4.78, 5) is 31.2. The van der Waals surface area contributed by atoms with Gasteiger partial charge in [-0.25, -0.2) is 0 Å². The molecule has 2 amide bonds. The molecule has 0 saturated carbocycles. The van der Waals surface area contributed by atoms with Crippen LogP contribution in [0.1, 0.15) is 25.0 Å². The number of aliphatic imine (C=N–C) groups is 1. The molecule has 0 atom stereocenters. The van der Waals surface area contributed by atoms with Crippen molar-refractivity contribution in [2.24, 2.45) is 4.99 Å². The van der Waals surface area contributed by atoms with Gasteiger partial charge in [-0.15, -0.1) is 0 Å². The van der Waals surface area contributed by atoms with Crippen molar-refractivity contribution in [1.82, 2.24) is 4.90 Å². The van der Waals surface area contributed by atoms with Crippen LogP contribution in [-0.4, -0.2) is 34.6 Å². The Bertz CT molecular complexity index is 824. The summed E-state index contributed by atoms with van der Waals surface area (Å²) in [6.07, 6.45) is 0. The molecule has 2 aromatic carbocycles. The van der Waals surface area contributed by atoms with Gasteiger partial charge in [0.15, 0.2) is 0 Å². The fraction of sp³-hybridized carbons (Fsp3) is 0.250. The van der Waals surface area contributed by atoms with E-state index in [0.29, 0.717) is 11.4 Å². The number of anilines is 1. The zero-order valence-corrected chi connectivity index (χ0v) is 14.6. The quantitative estimate of drug-likeness (QED) is 0.933. The summed E-state index contributed by atoms with van der Waals surface area (Å²) >= 11 is 0. The summed E-state index contributed by atoms with van der Waals surface area (Å²) < 4.78 is 0. The largest absolute Gasteiger partial charge is 0.325 e. The van der Waals surface area contributed by atoms with Crippen molar-refractivity contribution in [3.63, 3.8) is 0 Å². The highest BCUT2D eigenvalue weighted by Crippen LogP contribution is 2.26. The molecule has 0 aromatic heterocycles. The predicted octanol–water partition coefficient (Wildman–Crippen LogP) is 3.00. The summed E-state index contributed by atoms with van der Waals surface area (Å²) in [6.45, 7) is 5.61. The highest BCUT2D eigenvalue weighted by atomic mass is 16.2. The van der Waals surface area contributed by atoms with Gasteiger partial charge in [-0.2, -0.15) is 0 Å². The van der Waals surface area contributed by atoms with Crippen molar-refractivity contribution in [2.45, 2.75) is 26.4 Å². The van der Waals surface area contributed by atoms with Crippen LogP contribution in [0.15, 0.2) is 59.6 Å². The number of hydrogen-bond acceptors (Lipinski definition) is 3. The maximum absolute atomic E-state index is 12.8. The number of amides is 2. The molecule has 128 valence electrons. The van der Waals surface area contributed by atoms with Crippen LogP contribution in [0.3, 0.4) is 0 Å². The molecule has 1 aliphatic heterocycles. The topological polar surface area (TPSA) is 61.8 Å². The Hall–Kier alpha value is -2.95. The second-order valence-corrected chi connectivity index (χ2v) is 6.63. The first-order valence-electron chi connectivity index (χ1n) is 8.20. The number of nitrogens with zero attached hydrogens (tertiary/aromatic N) is 2. The van der Waals surface area contributed by atoms with Gasteiger partial charge in [0.05, 0.1) is 0 Å². The van der Waals surface area contributed by atoms with Gasteiger partial charge >= 0.3 is 0 Å². The summed E-state index contributed by atoms with van der Waals surface area (Å²) in [7, 11) is 0. The second kappa shape index (κ2) is 6.51. The van der Waals surface area contributed by atoms with Crippen LogP contribution in [0.2, 0.25) is 0 Å². The number of carbonyl (C=O) groups is 2. The van der Waals surface area contributed by atoms with Crippen molar-refractivity contribution in [3.05, 3.63) is 65.7 Å². The van der Waals surface area contributed by atoms with Crippen molar-refractivity contribution in [3.8, 4) is 0 Å².